The molecule has 1 aromatic heterocycles. The Morgan fingerprint density at radius 3 is 2.67 bits per heavy atom. The second-order valence-electron chi connectivity index (χ2n) is 5.13. The fourth-order valence-corrected chi connectivity index (χ4v) is 2.66. The number of benzene rings is 2. The van der Waals surface area contributed by atoms with Crippen molar-refractivity contribution in [3.8, 4) is 0 Å². The number of rotatable bonds is 2. The van der Waals surface area contributed by atoms with Crippen molar-refractivity contribution in [1.82, 2.24) is 4.57 Å². The van der Waals surface area contributed by atoms with Crippen LogP contribution in [0.25, 0.3) is 10.9 Å². The predicted molar refractivity (Wildman–Crippen MR) is 82.5 cm³/mol. The summed E-state index contributed by atoms with van der Waals surface area (Å²) in [5.74, 6) is -0.819. The van der Waals surface area contributed by atoms with Gasteiger partial charge >= 0.3 is 0 Å². The second-order valence-corrected chi connectivity index (χ2v) is 5.56. The van der Waals surface area contributed by atoms with Gasteiger partial charge in [-0.1, -0.05) is 29.3 Å². The van der Waals surface area contributed by atoms with E-state index in [1.165, 1.54) is 6.07 Å². The Balaban J connectivity index is 2.21. The standard InChI is InChI=1S/C17H13ClFNO/c1-10-3-6-15(19)13(7-10)17(21)14-9-20(2)16-8-11(18)4-5-12(14)16/h3-9H,1-2H3. The first-order valence-corrected chi connectivity index (χ1v) is 6.90. The van der Waals surface area contributed by atoms with E-state index in [-0.39, 0.29) is 11.3 Å². The minimum absolute atomic E-state index is 0.0949. The van der Waals surface area contributed by atoms with Crippen LogP contribution in [0, 0.1) is 12.7 Å². The summed E-state index contributed by atoms with van der Waals surface area (Å²) in [6, 6.07) is 9.86. The van der Waals surface area contributed by atoms with E-state index in [1.807, 2.05) is 18.5 Å². The van der Waals surface area contributed by atoms with Crippen LogP contribution in [-0.2, 0) is 7.05 Å². The number of fused-ring (bicyclic) bond motifs is 1. The van der Waals surface area contributed by atoms with Crippen LogP contribution in [0.1, 0.15) is 21.5 Å². The van der Waals surface area contributed by atoms with Crippen molar-refractivity contribution < 1.29 is 9.18 Å². The molecule has 0 aliphatic carbocycles. The van der Waals surface area contributed by atoms with Gasteiger partial charge in [-0.3, -0.25) is 4.79 Å². The molecule has 0 saturated heterocycles. The van der Waals surface area contributed by atoms with Gasteiger partial charge in [0.1, 0.15) is 5.82 Å². The van der Waals surface area contributed by atoms with Crippen molar-refractivity contribution in [3.05, 3.63) is 70.1 Å². The van der Waals surface area contributed by atoms with Crippen molar-refractivity contribution in [2.24, 2.45) is 7.05 Å². The number of nitrogens with zero attached hydrogens (tertiary/aromatic N) is 1. The van der Waals surface area contributed by atoms with Gasteiger partial charge in [-0.25, -0.2) is 4.39 Å². The smallest absolute Gasteiger partial charge is 0.198 e. The van der Waals surface area contributed by atoms with Gasteiger partial charge in [0, 0.05) is 34.7 Å². The molecule has 1 heterocycles. The molecule has 2 aromatic carbocycles. The molecule has 0 radical (unpaired) electrons. The molecule has 0 bridgehead atoms. The van der Waals surface area contributed by atoms with Crippen LogP contribution < -0.4 is 0 Å². The zero-order valence-corrected chi connectivity index (χ0v) is 12.4. The third kappa shape index (κ3) is 2.34. The maximum absolute atomic E-state index is 13.9. The first-order valence-electron chi connectivity index (χ1n) is 6.53. The number of aromatic nitrogens is 1. The van der Waals surface area contributed by atoms with Crippen molar-refractivity contribution in [1.29, 1.82) is 0 Å². The van der Waals surface area contributed by atoms with Gasteiger partial charge in [-0.2, -0.15) is 0 Å². The molecule has 0 saturated carbocycles. The van der Waals surface area contributed by atoms with Crippen LogP contribution in [0.2, 0.25) is 5.02 Å². The van der Waals surface area contributed by atoms with E-state index in [2.05, 4.69) is 0 Å². The normalized spacial score (nSPS) is 11.0. The average molecular weight is 302 g/mol. The van der Waals surface area contributed by atoms with Crippen LogP contribution in [0.4, 0.5) is 4.39 Å². The number of carbonyl (C=O) groups is 1. The van der Waals surface area contributed by atoms with Crippen LogP contribution in [0.5, 0.6) is 0 Å². The number of carbonyl (C=O) groups excluding carboxylic acids is 1. The SMILES string of the molecule is Cc1ccc(F)c(C(=O)c2cn(C)c3cc(Cl)ccc23)c1. The van der Waals surface area contributed by atoms with Crippen LogP contribution in [-0.4, -0.2) is 10.4 Å². The lowest BCUT2D eigenvalue weighted by Gasteiger charge is -2.03. The van der Waals surface area contributed by atoms with E-state index in [0.717, 1.165) is 16.5 Å². The number of halogens is 2. The monoisotopic (exact) mass is 301 g/mol. The summed E-state index contributed by atoms with van der Waals surface area (Å²) in [6.07, 6.45) is 1.71. The summed E-state index contributed by atoms with van der Waals surface area (Å²) in [6.45, 7) is 1.83. The third-order valence-electron chi connectivity index (χ3n) is 3.56. The first kappa shape index (κ1) is 13.8. The molecule has 0 atom stereocenters. The Labute approximate surface area is 126 Å². The lowest BCUT2D eigenvalue weighted by molar-refractivity contribution is 0.103. The Bertz CT molecular complexity index is 867. The molecule has 0 spiro atoms. The van der Waals surface area contributed by atoms with Crippen molar-refractivity contribution >= 4 is 28.3 Å². The molecule has 0 amide bonds. The molecule has 3 rings (SSSR count). The molecule has 0 aliphatic rings. The number of ketones is 1. The summed E-state index contributed by atoms with van der Waals surface area (Å²) in [5.41, 5.74) is 2.27. The zero-order valence-electron chi connectivity index (χ0n) is 11.7. The molecular formula is C17H13ClFNO. The Kier molecular flexibility index (Phi) is 3.30. The number of hydrogen-bond donors (Lipinski definition) is 0. The minimum Gasteiger partial charge on any atom is -0.350 e. The highest BCUT2D eigenvalue weighted by atomic mass is 35.5. The largest absolute Gasteiger partial charge is 0.350 e. The summed E-state index contributed by atoms with van der Waals surface area (Å²) in [7, 11) is 1.84. The Morgan fingerprint density at radius 1 is 1.14 bits per heavy atom. The average Bonchev–Trinajstić information content (AvgIpc) is 2.78. The van der Waals surface area contributed by atoms with Crippen LogP contribution in [0.3, 0.4) is 0 Å². The minimum atomic E-state index is -0.503. The fraction of sp³-hybridized carbons (Fsp3) is 0.118. The van der Waals surface area contributed by atoms with Crippen molar-refractivity contribution in [2.45, 2.75) is 6.92 Å². The molecule has 4 heteroatoms. The number of aryl methyl sites for hydroxylation is 2. The van der Waals surface area contributed by atoms with Gasteiger partial charge in [-0.15, -0.1) is 0 Å². The molecule has 21 heavy (non-hydrogen) atoms. The lowest BCUT2D eigenvalue weighted by atomic mass is 10.0. The quantitative estimate of drug-likeness (QED) is 0.638. The highest BCUT2D eigenvalue weighted by Crippen LogP contribution is 2.26. The van der Waals surface area contributed by atoms with E-state index in [1.54, 1.807) is 36.5 Å². The Hall–Kier alpha value is -2.13. The highest BCUT2D eigenvalue weighted by molar-refractivity contribution is 6.31. The lowest BCUT2D eigenvalue weighted by Crippen LogP contribution is -2.04. The van der Waals surface area contributed by atoms with Gasteiger partial charge in [0.15, 0.2) is 5.78 Å². The van der Waals surface area contributed by atoms with Crippen molar-refractivity contribution in [2.75, 3.05) is 0 Å². The van der Waals surface area contributed by atoms with Gasteiger partial charge in [0.05, 0.1) is 5.56 Å². The van der Waals surface area contributed by atoms with Crippen molar-refractivity contribution in [3.63, 3.8) is 0 Å². The molecule has 0 aliphatic heterocycles. The van der Waals surface area contributed by atoms with Crippen LogP contribution in [0.15, 0.2) is 42.6 Å². The molecule has 0 unspecified atom stereocenters. The van der Waals surface area contributed by atoms with Gasteiger partial charge in [-0.05, 0) is 31.2 Å². The summed E-state index contributed by atoms with van der Waals surface area (Å²) in [4.78, 5) is 12.6. The van der Waals surface area contributed by atoms with E-state index >= 15 is 0 Å². The molecule has 0 fully saturated rings. The van der Waals surface area contributed by atoms with E-state index < -0.39 is 5.82 Å². The molecule has 0 N–H and O–H groups in total. The zero-order chi connectivity index (χ0) is 15.1. The molecule has 2 nitrogen and oxygen atoms in total. The molecular weight excluding hydrogens is 289 g/mol. The van der Waals surface area contributed by atoms with Crippen LogP contribution >= 0.6 is 11.6 Å². The molecule has 106 valence electrons. The van der Waals surface area contributed by atoms with Gasteiger partial charge in [0.25, 0.3) is 0 Å². The second kappa shape index (κ2) is 5.01. The van der Waals surface area contributed by atoms with Gasteiger partial charge in [0.2, 0.25) is 0 Å². The summed E-state index contributed by atoms with van der Waals surface area (Å²) < 4.78 is 15.7. The molecule has 3 aromatic rings. The van der Waals surface area contributed by atoms with E-state index in [9.17, 15) is 9.18 Å². The van der Waals surface area contributed by atoms with E-state index in [0.29, 0.717) is 10.6 Å². The number of hydrogen-bond acceptors (Lipinski definition) is 1. The third-order valence-corrected chi connectivity index (χ3v) is 3.80. The summed E-state index contributed by atoms with van der Waals surface area (Å²) in [5, 5.41) is 1.37. The maximum atomic E-state index is 13.9. The first-order chi connectivity index (χ1) is 9.97. The topological polar surface area (TPSA) is 22.0 Å². The maximum Gasteiger partial charge on any atom is 0.198 e. The summed E-state index contributed by atoms with van der Waals surface area (Å²) >= 11 is 5.98. The predicted octanol–water partition coefficient (Wildman–Crippen LogP) is 4.51. The fourth-order valence-electron chi connectivity index (χ4n) is 2.50. The Morgan fingerprint density at radius 2 is 1.90 bits per heavy atom. The highest BCUT2D eigenvalue weighted by Gasteiger charge is 2.19. The van der Waals surface area contributed by atoms with Gasteiger partial charge < -0.3 is 4.57 Å². The van der Waals surface area contributed by atoms with E-state index in [4.69, 9.17) is 11.6 Å².